The van der Waals surface area contributed by atoms with Crippen LogP contribution in [-0.2, 0) is 4.79 Å². The molecule has 5 heteroatoms. The summed E-state index contributed by atoms with van der Waals surface area (Å²) in [5.74, 6) is 0.856. The van der Waals surface area contributed by atoms with Crippen LogP contribution in [0.4, 0.5) is 5.82 Å². The Bertz CT molecular complexity index is 669. The first-order chi connectivity index (χ1) is 11.3. The number of anilines is 1. The van der Waals surface area contributed by atoms with Crippen LogP contribution in [0.5, 0.6) is 0 Å². The molecule has 1 fully saturated rings. The molecule has 23 heavy (non-hydrogen) atoms. The van der Waals surface area contributed by atoms with Crippen molar-refractivity contribution in [3.63, 3.8) is 0 Å². The number of amides is 1. The van der Waals surface area contributed by atoms with Crippen LogP contribution in [0.2, 0.25) is 0 Å². The van der Waals surface area contributed by atoms with Crippen LogP contribution in [-0.4, -0.2) is 47.2 Å². The van der Waals surface area contributed by atoms with Crippen LogP contribution >= 0.6 is 0 Å². The van der Waals surface area contributed by atoms with E-state index in [1.807, 2.05) is 47.4 Å². The average molecular weight is 308 g/mol. The second kappa shape index (κ2) is 7.05. The summed E-state index contributed by atoms with van der Waals surface area (Å²) in [6.07, 6.45) is 2.30. The molecule has 3 rings (SSSR count). The summed E-state index contributed by atoms with van der Waals surface area (Å²) in [4.78, 5) is 15.7. The summed E-state index contributed by atoms with van der Waals surface area (Å²) >= 11 is 0. The molecule has 0 radical (unpaired) electrons. The fourth-order valence-corrected chi connectivity index (χ4v) is 2.75. The van der Waals surface area contributed by atoms with Crippen molar-refractivity contribution >= 4 is 11.7 Å². The molecule has 1 saturated heterocycles. The number of hydrogen-bond acceptors (Lipinski definition) is 4. The van der Waals surface area contributed by atoms with Crippen molar-refractivity contribution in [2.45, 2.75) is 6.42 Å². The molecule has 1 aromatic carbocycles. The van der Waals surface area contributed by atoms with Crippen molar-refractivity contribution in [1.82, 2.24) is 15.1 Å². The zero-order valence-electron chi connectivity index (χ0n) is 13.1. The Balaban J connectivity index is 1.70. The molecule has 0 spiro atoms. The van der Waals surface area contributed by atoms with Gasteiger partial charge < -0.3 is 9.80 Å². The van der Waals surface area contributed by atoms with Crippen molar-refractivity contribution < 1.29 is 4.79 Å². The predicted molar refractivity (Wildman–Crippen MR) is 91.1 cm³/mol. The van der Waals surface area contributed by atoms with Crippen LogP contribution in [0.15, 0.2) is 55.1 Å². The SMILES string of the molecule is C=CC(=O)N1CCCN(c2ccc(-c3ccccc3)nn2)CC1. The van der Waals surface area contributed by atoms with Crippen LogP contribution in [0.1, 0.15) is 6.42 Å². The van der Waals surface area contributed by atoms with Crippen molar-refractivity contribution in [3.8, 4) is 11.3 Å². The van der Waals surface area contributed by atoms with E-state index < -0.39 is 0 Å². The average Bonchev–Trinajstić information content (AvgIpc) is 2.88. The van der Waals surface area contributed by atoms with Gasteiger partial charge in [0.1, 0.15) is 0 Å². The number of carbonyl (C=O) groups excluding carboxylic acids is 1. The topological polar surface area (TPSA) is 49.3 Å². The van der Waals surface area contributed by atoms with Gasteiger partial charge in [0.25, 0.3) is 0 Å². The van der Waals surface area contributed by atoms with E-state index in [2.05, 4.69) is 21.7 Å². The Hall–Kier alpha value is -2.69. The lowest BCUT2D eigenvalue weighted by Gasteiger charge is -2.21. The highest BCUT2D eigenvalue weighted by Crippen LogP contribution is 2.19. The van der Waals surface area contributed by atoms with E-state index in [4.69, 9.17) is 0 Å². The van der Waals surface area contributed by atoms with Crippen molar-refractivity contribution in [1.29, 1.82) is 0 Å². The minimum Gasteiger partial charge on any atom is -0.353 e. The maximum absolute atomic E-state index is 11.7. The molecule has 0 bridgehead atoms. The number of carbonyl (C=O) groups is 1. The van der Waals surface area contributed by atoms with Gasteiger partial charge in [0, 0.05) is 31.7 Å². The zero-order chi connectivity index (χ0) is 16.1. The summed E-state index contributed by atoms with van der Waals surface area (Å²) in [6, 6.07) is 14.0. The standard InChI is InChI=1S/C18H20N4O/c1-2-18(23)22-12-6-11-21(13-14-22)17-10-9-16(19-20-17)15-7-4-3-5-8-15/h2-5,7-10H,1,6,11-14H2. The van der Waals surface area contributed by atoms with E-state index in [1.54, 1.807) is 0 Å². The Morgan fingerprint density at radius 1 is 1.00 bits per heavy atom. The lowest BCUT2D eigenvalue weighted by molar-refractivity contribution is -0.125. The molecule has 5 nitrogen and oxygen atoms in total. The van der Waals surface area contributed by atoms with E-state index in [1.165, 1.54) is 6.08 Å². The number of nitrogens with zero attached hydrogens (tertiary/aromatic N) is 4. The molecular weight excluding hydrogens is 288 g/mol. The quantitative estimate of drug-likeness (QED) is 0.817. The van der Waals surface area contributed by atoms with Gasteiger partial charge in [0.15, 0.2) is 5.82 Å². The first kappa shape index (κ1) is 15.2. The maximum Gasteiger partial charge on any atom is 0.246 e. The number of benzene rings is 1. The third kappa shape index (κ3) is 3.56. The van der Waals surface area contributed by atoms with Crippen molar-refractivity contribution in [2.75, 3.05) is 31.1 Å². The molecule has 1 aliphatic heterocycles. The highest BCUT2D eigenvalue weighted by molar-refractivity contribution is 5.87. The van der Waals surface area contributed by atoms with Gasteiger partial charge in [-0.2, -0.15) is 0 Å². The van der Waals surface area contributed by atoms with Gasteiger partial charge in [0.05, 0.1) is 5.69 Å². The van der Waals surface area contributed by atoms with E-state index in [0.29, 0.717) is 6.54 Å². The molecule has 1 amide bonds. The van der Waals surface area contributed by atoms with Crippen LogP contribution < -0.4 is 4.90 Å². The molecule has 1 aromatic heterocycles. The maximum atomic E-state index is 11.7. The first-order valence-corrected chi connectivity index (χ1v) is 7.83. The lowest BCUT2D eigenvalue weighted by atomic mass is 10.1. The first-order valence-electron chi connectivity index (χ1n) is 7.83. The number of hydrogen-bond donors (Lipinski definition) is 0. The molecule has 0 aliphatic carbocycles. The molecule has 1 aliphatic rings. The molecule has 0 atom stereocenters. The van der Waals surface area contributed by atoms with Crippen LogP contribution in [0, 0.1) is 0 Å². The fourth-order valence-electron chi connectivity index (χ4n) is 2.75. The van der Waals surface area contributed by atoms with Gasteiger partial charge in [0.2, 0.25) is 5.91 Å². The van der Waals surface area contributed by atoms with Gasteiger partial charge in [-0.25, -0.2) is 0 Å². The van der Waals surface area contributed by atoms with Gasteiger partial charge in [-0.05, 0) is 24.6 Å². The number of rotatable bonds is 3. The molecule has 2 aromatic rings. The van der Waals surface area contributed by atoms with Gasteiger partial charge in [-0.1, -0.05) is 36.9 Å². The second-order valence-corrected chi connectivity index (χ2v) is 5.51. The minimum atomic E-state index is -0.00244. The summed E-state index contributed by atoms with van der Waals surface area (Å²) < 4.78 is 0. The van der Waals surface area contributed by atoms with E-state index in [9.17, 15) is 4.79 Å². The molecule has 0 unspecified atom stereocenters. The number of aromatic nitrogens is 2. The van der Waals surface area contributed by atoms with E-state index in [-0.39, 0.29) is 5.91 Å². The summed E-state index contributed by atoms with van der Waals surface area (Å²) in [5, 5.41) is 8.70. The highest BCUT2D eigenvalue weighted by Gasteiger charge is 2.18. The fraction of sp³-hybridized carbons (Fsp3) is 0.278. The Kier molecular flexibility index (Phi) is 4.66. The highest BCUT2D eigenvalue weighted by atomic mass is 16.2. The van der Waals surface area contributed by atoms with Gasteiger partial charge in [-0.3, -0.25) is 4.79 Å². The predicted octanol–water partition coefficient (Wildman–Crippen LogP) is 2.37. The summed E-state index contributed by atoms with van der Waals surface area (Å²) in [6.45, 7) is 6.64. The van der Waals surface area contributed by atoms with Crippen LogP contribution in [0.25, 0.3) is 11.3 Å². The normalized spacial score (nSPS) is 15.1. The van der Waals surface area contributed by atoms with Gasteiger partial charge in [-0.15, -0.1) is 10.2 Å². The third-order valence-electron chi connectivity index (χ3n) is 4.03. The minimum absolute atomic E-state index is 0.00244. The molecule has 118 valence electrons. The molecule has 0 saturated carbocycles. The third-order valence-corrected chi connectivity index (χ3v) is 4.03. The second-order valence-electron chi connectivity index (χ2n) is 5.51. The molecule has 0 N–H and O–H groups in total. The zero-order valence-corrected chi connectivity index (χ0v) is 13.1. The lowest BCUT2D eigenvalue weighted by Crippen LogP contribution is -2.34. The van der Waals surface area contributed by atoms with Crippen LogP contribution in [0.3, 0.4) is 0 Å². The molecular formula is C18H20N4O. The Morgan fingerprint density at radius 3 is 2.52 bits per heavy atom. The van der Waals surface area contributed by atoms with Gasteiger partial charge >= 0.3 is 0 Å². The van der Waals surface area contributed by atoms with Crippen molar-refractivity contribution in [2.24, 2.45) is 0 Å². The molecule has 2 heterocycles. The Morgan fingerprint density at radius 2 is 1.83 bits per heavy atom. The summed E-state index contributed by atoms with van der Waals surface area (Å²) in [5.41, 5.74) is 1.93. The summed E-state index contributed by atoms with van der Waals surface area (Å²) in [7, 11) is 0. The van der Waals surface area contributed by atoms with E-state index >= 15 is 0 Å². The van der Waals surface area contributed by atoms with Crippen molar-refractivity contribution in [3.05, 3.63) is 55.1 Å². The Labute approximate surface area is 136 Å². The largest absolute Gasteiger partial charge is 0.353 e. The monoisotopic (exact) mass is 308 g/mol. The van der Waals surface area contributed by atoms with E-state index in [0.717, 1.165) is 43.1 Å². The smallest absolute Gasteiger partial charge is 0.246 e.